The van der Waals surface area contributed by atoms with Gasteiger partial charge in [-0.3, -0.25) is 4.79 Å². The van der Waals surface area contributed by atoms with E-state index in [2.05, 4.69) is 36.2 Å². The zero-order chi connectivity index (χ0) is 28.0. The first-order valence-electron chi connectivity index (χ1n) is 12.9. The van der Waals surface area contributed by atoms with Gasteiger partial charge in [0.15, 0.2) is 0 Å². The molecule has 0 spiro atoms. The number of hydrogen-bond donors (Lipinski definition) is 5. The van der Waals surface area contributed by atoms with Crippen molar-refractivity contribution in [2.24, 2.45) is 0 Å². The highest BCUT2D eigenvalue weighted by molar-refractivity contribution is 5.94. The summed E-state index contributed by atoms with van der Waals surface area (Å²) >= 11 is 0. The molecule has 0 bridgehead atoms. The van der Waals surface area contributed by atoms with Gasteiger partial charge in [-0.05, 0) is 55.5 Å². The molecule has 1 heterocycles. The lowest BCUT2D eigenvalue weighted by Crippen LogP contribution is -2.27. The number of phenolic OH excluding ortho intramolecular Hbond substituents is 1. The Kier molecular flexibility index (Phi) is 10.6. The smallest absolute Gasteiger partial charge is 0.251 e. The van der Waals surface area contributed by atoms with E-state index in [1.807, 2.05) is 49.4 Å². The average Bonchev–Trinajstić information content (AvgIpc) is 2.97. The number of aromatic hydroxyl groups is 1. The van der Waals surface area contributed by atoms with E-state index in [9.17, 15) is 9.90 Å². The molecule has 4 aromatic rings. The molecule has 11 heteroatoms. The Labute approximate surface area is 233 Å². The van der Waals surface area contributed by atoms with Crippen LogP contribution in [0.2, 0.25) is 0 Å². The molecule has 1 aromatic heterocycles. The fraction of sp³-hybridized carbons (Fsp3) is 0.241. The molecule has 0 aliphatic rings. The molecule has 0 aliphatic carbocycles. The minimum absolute atomic E-state index is 0.122. The SMILES string of the molecule is Cc1ccc(Nc2nc(NCCOCCOCCNC(=O)c3ccccc3)nc(Nc3ccc(O)cc3)n2)cc1. The molecule has 40 heavy (non-hydrogen) atoms. The van der Waals surface area contributed by atoms with Crippen LogP contribution in [-0.4, -0.2) is 65.5 Å². The molecule has 0 radical (unpaired) electrons. The number of hydrogen-bond acceptors (Lipinski definition) is 10. The Morgan fingerprint density at radius 2 is 1.25 bits per heavy atom. The topological polar surface area (TPSA) is 143 Å². The zero-order valence-electron chi connectivity index (χ0n) is 22.3. The van der Waals surface area contributed by atoms with Crippen molar-refractivity contribution in [3.63, 3.8) is 0 Å². The van der Waals surface area contributed by atoms with Crippen LogP contribution in [-0.2, 0) is 9.47 Å². The second kappa shape index (κ2) is 15.0. The third-order valence-electron chi connectivity index (χ3n) is 5.54. The number of ether oxygens (including phenoxy) is 2. The number of carbonyl (C=O) groups excluding carboxylic acids is 1. The Morgan fingerprint density at radius 3 is 1.88 bits per heavy atom. The molecule has 5 N–H and O–H groups in total. The van der Waals surface area contributed by atoms with Gasteiger partial charge >= 0.3 is 0 Å². The lowest BCUT2D eigenvalue weighted by atomic mass is 10.2. The van der Waals surface area contributed by atoms with Gasteiger partial charge in [0, 0.05) is 30.0 Å². The molecule has 4 rings (SSSR count). The summed E-state index contributed by atoms with van der Waals surface area (Å²) in [5.74, 6) is 1.14. The maximum Gasteiger partial charge on any atom is 0.251 e. The van der Waals surface area contributed by atoms with Gasteiger partial charge < -0.3 is 35.8 Å². The van der Waals surface area contributed by atoms with Crippen LogP contribution in [0.4, 0.5) is 29.2 Å². The van der Waals surface area contributed by atoms with Crippen LogP contribution in [0.15, 0.2) is 78.9 Å². The zero-order valence-corrected chi connectivity index (χ0v) is 22.3. The summed E-state index contributed by atoms with van der Waals surface area (Å²) in [6.07, 6.45) is 0. The minimum atomic E-state index is -0.122. The van der Waals surface area contributed by atoms with Crippen molar-refractivity contribution in [3.8, 4) is 5.75 Å². The highest BCUT2D eigenvalue weighted by atomic mass is 16.5. The molecule has 208 valence electrons. The average molecular weight is 544 g/mol. The lowest BCUT2D eigenvalue weighted by Gasteiger charge is -2.12. The molecule has 0 aliphatic heterocycles. The van der Waals surface area contributed by atoms with E-state index in [-0.39, 0.29) is 11.7 Å². The Hall–Kier alpha value is -4.74. The number of nitrogens with zero attached hydrogens (tertiary/aromatic N) is 3. The highest BCUT2D eigenvalue weighted by Gasteiger charge is 2.08. The third-order valence-corrected chi connectivity index (χ3v) is 5.54. The van der Waals surface area contributed by atoms with E-state index in [1.165, 1.54) is 0 Å². The molecule has 11 nitrogen and oxygen atoms in total. The number of nitrogens with one attached hydrogen (secondary N) is 4. The van der Waals surface area contributed by atoms with Gasteiger partial charge in [0.1, 0.15) is 5.75 Å². The molecule has 0 atom stereocenters. The number of benzene rings is 3. The van der Waals surface area contributed by atoms with Crippen molar-refractivity contribution in [3.05, 3.63) is 90.0 Å². The van der Waals surface area contributed by atoms with E-state index in [4.69, 9.17) is 9.47 Å². The number of amides is 1. The molecular weight excluding hydrogens is 510 g/mol. The second-order valence-electron chi connectivity index (χ2n) is 8.74. The van der Waals surface area contributed by atoms with Crippen LogP contribution >= 0.6 is 0 Å². The number of aryl methyl sites for hydroxylation is 1. The largest absolute Gasteiger partial charge is 0.508 e. The number of anilines is 5. The molecular formula is C29H33N7O4. The van der Waals surface area contributed by atoms with E-state index in [1.54, 1.807) is 36.4 Å². The molecule has 0 saturated heterocycles. The van der Waals surface area contributed by atoms with Gasteiger partial charge in [0.25, 0.3) is 5.91 Å². The monoisotopic (exact) mass is 543 g/mol. The molecule has 3 aromatic carbocycles. The first-order chi connectivity index (χ1) is 19.5. The number of carbonyl (C=O) groups is 1. The maximum atomic E-state index is 12.0. The van der Waals surface area contributed by atoms with Crippen molar-refractivity contribution in [2.75, 3.05) is 55.5 Å². The van der Waals surface area contributed by atoms with Crippen LogP contribution < -0.4 is 21.3 Å². The number of phenols is 1. The van der Waals surface area contributed by atoms with Crippen LogP contribution in [0.3, 0.4) is 0 Å². The quantitative estimate of drug-likeness (QED) is 0.109. The van der Waals surface area contributed by atoms with Crippen molar-refractivity contribution in [1.29, 1.82) is 0 Å². The van der Waals surface area contributed by atoms with Gasteiger partial charge in [-0.1, -0.05) is 35.9 Å². The van der Waals surface area contributed by atoms with Crippen molar-refractivity contribution < 1.29 is 19.4 Å². The van der Waals surface area contributed by atoms with E-state index in [0.29, 0.717) is 62.9 Å². The summed E-state index contributed by atoms with van der Waals surface area (Å²) in [6, 6.07) is 23.6. The van der Waals surface area contributed by atoms with Gasteiger partial charge in [0.05, 0.1) is 26.4 Å². The first-order valence-corrected chi connectivity index (χ1v) is 12.9. The minimum Gasteiger partial charge on any atom is -0.508 e. The normalized spacial score (nSPS) is 10.6. The van der Waals surface area contributed by atoms with Crippen molar-refractivity contribution in [2.45, 2.75) is 6.92 Å². The summed E-state index contributed by atoms with van der Waals surface area (Å²) in [5.41, 5.74) is 3.34. The van der Waals surface area contributed by atoms with Crippen molar-refractivity contribution >= 4 is 35.1 Å². The summed E-state index contributed by atoms with van der Waals surface area (Å²) in [4.78, 5) is 25.4. The first kappa shape index (κ1) is 28.3. The number of rotatable bonds is 15. The van der Waals surface area contributed by atoms with Crippen LogP contribution in [0.5, 0.6) is 5.75 Å². The summed E-state index contributed by atoms with van der Waals surface area (Å²) in [5, 5.41) is 21.9. The molecule has 0 fully saturated rings. The summed E-state index contributed by atoms with van der Waals surface area (Å²) in [6.45, 7) is 4.57. The fourth-order valence-electron chi connectivity index (χ4n) is 3.49. The van der Waals surface area contributed by atoms with E-state index < -0.39 is 0 Å². The fourth-order valence-corrected chi connectivity index (χ4v) is 3.49. The predicted octanol–water partition coefficient (Wildman–Crippen LogP) is 4.25. The van der Waals surface area contributed by atoms with Crippen LogP contribution in [0, 0.1) is 6.92 Å². The summed E-state index contributed by atoms with van der Waals surface area (Å²) in [7, 11) is 0. The van der Waals surface area contributed by atoms with E-state index >= 15 is 0 Å². The highest BCUT2D eigenvalue weighted by Crippen LogP contribution is 2.20. The van der Waals surface area contributed by atoms with Crippen molar-refractivity contribution in [1.82, 2.24) is 20.3 Å². The molecule has 0 saturated carbocycles. The standard InChI is InChI=1S/C29H33N7O4/c1-21-7-9-23(10-8-21)32-28-34-27(35-29(36-28)33-24-11-13-25(37)14-12-24)31-16-18-40-20-19-39-17-15-30-26(38)22-5-3-2-4-6-22/h2-14,37H,15-20H2,1H3,(H,30,38)(H3,31,32,33,34,35,36). The summed E-state index contributed by atoms with van der Waals surface area (Å²) < 4.78 is 11.1. The predicted molar refractivity (Wildman–Crippen MR) is 155 cm³/mol. The molecule has 1 amide bonds. The lowest BCUT2D eigenvalue weighted by molar-refractivity contribution is 0.0519. The van der Waals surface area contributed by atoms with Gasteiger partial charge in [-0.2, -0.15) is 15.0 Å². The van der Waals surface area contributed by atoms with Gasteiger partial charge in [-0.15, -0.1) is 0 Å². The Bertz CT molecular complexity index is 1270. The van der Waals surface area contributed by atoms with Gasteiger partial charge in [-0.25, -0.2) is 0 Å². The number of aromatic nitrogens is 3. The second-order valence-corrected chi connectivity index (χ2v) is 8.74. The van der Waals surface area contributed by atoms with E-state index in [0.717, 1.165) is 16.9 Å². The Balaban J connectivity index is 1.20. The van der Waals surface area contributed by atoms with Gasteiger partial charge in [0.2, 0.25) is 17.8 Å². The van der Waals surface area contributed by atoms with Crippen LogP contribution in [0.25, 0.3) is 0 Å². The third kappa shape index (κ3) is 9.53. The maximum absolute atomic E-state index is 12.0. The Morgan fingerprint density at radius 1 is 0.700 bits per heavy atom. The molecule has 0 unspecified atom stereocenters. The van der Waals surface area contributed by atoms with Crippen LogP contribution in [0.1, 0.15) is 15.9 Å².